The Morgan fingerprint density at radius 3 is 2.37 bits per heavy atom. The highest BCUT2D eigenvalue weighted by Crippen LogP contribution is 2.25. The van der Waals surface area contributed by atoms with Gasteiger partial charge >= 0.3 is 5.69 Å². The first-order chi connectivity index (χ1) is 18.1. The Morgan fingerprint density at radius 2 is 1.63 bits per heavy atom. The molecule has 0 saturated heterocycles. The van der Waals surface area contributed by atoms with E-state index < -0.39 is 21.5 Å². The number of anilines is 2. The van der Waals surface area contributed by atoms with E-state index in [0.717, 1.165) is 4.31 Å². The fourth-order valence-electron chi connectivity index (χ4n) is 4.31. The summed E-state index contributed by atoms with van der Waals surface area (Å²) in [5.74, 6) is -0.538. The topological polar surface area (TPSA) is 142 Å². The number of hydrogen-bond acceptors (Lipinski definition) is 5. The van der Waals surface area contributed by atoms with Gasteiger partial charge in [-0.1, -0.05) is 24.3 Å². The molecular formula is C26H24N6O5S. The first-order valence-corrected chi connectivity index (χ1v) is 13.0. The Hall–Kier alpha value is -4.84. The predicted molar refractivity (Wildman–Crippen MR) is 145 cm³/mol. The van der Waals surface area contributed by atoms with Crippen molar-refractivity contribution in [3.8, 4) is 5.69 Å². The number of rotatable bonds is 6. The molecule has 1 amide bonds. The normalized spacial score (nSPS) is 11.6. The number of aromatic amines is 2. The highest BCUT2D eigenvalue weighted by molar-refractivity contribution is 7.92. The molecule has 0 spiro atoms. The average molecular weight is 533 g/mol. The maximum Gasteiger partial charge on any atom is 0.323 e. The van der Waals surface area contributed by atoms with Crippen molar-refractivity contribution in [2.45, 2.75) is 11.8 Å². The second-order valence-electron chi connectivity index (χ2n) is 8.70. The van der Waals surface area contributed by atoms with Crippen molar-refractivity contribution in [2.75, 3.05) is 16.7 Å². The van der Waals surface area contributed by atoms with Gasteiger partial charge in [0.25, 0.3) is 21.5 Å². The van der Waals surface area contributed by atoms with E-state index in [-0.39, 0.29) is 21.8 Å². The summed E-state index contributed by atoms with van der Waals surface area (Å²) in [5.41, 5.74) is 1.83. The van der Waals surface area contributed by atoms with Crippen molar-refractivity contribution >= 4 is 38.3 Å². The molecule has 38 heavy (non-hydrogen) atoms. The van der Waals surface area contributed by atoms with Crippen molar-refractivity contribution in [3.63, 3.8) is 0 Å². The molecule has 0 aliphatic rings. The van der Waals surface area contributed by atoms with E-state index in [1.807, 2.05) is 6.07 Å². The lowest BCUT2D eigenvalue weighted by Gasteiger charge is -2.18. The molecule has 5 rings (SSSR count). The van der Waals surface area contributed by atoms with Crippen LogP contribution in [0.2, 0.25) is 0 Å². The van der Waals surface area contributed by atoms with E-state index in [1.165, 1.54) is 36.0 Å². The molecule has 0 unspecified atom stereocenters. The number of imidazole rings is 1. The maximum absolute atomic E-state index is 13.6. The number of hydrogen-bond donors (Lipinski definition) is 3. The van der Waals surface area contributed by atoms with Gasteiger partial charge in [0.05, 0.1) is 27.3 Å². The summed E-state index contributed by atoms with van der Waals surface area (Å²) < 4.78 is 31.1. The monoisotopic (exact) mass is 532 g/mol. The number of aromatic nitrogens is 4. The number of sulfonamides is 1. The van der Waals surface area contributed by atoms with Crippen molar-refractivity contribution in [3.05, 3.63) is 105 Å². The third-order valence-electron chi connectivity index (χ3n) is 6.37. The number of nitrogens with zero attached hydrogens (tertiary/aromatic N) is 3. The van der Waals surface area contributed by atoms with E-state index in [1.54, 1.807) is 61.1 Å². The summed E-state index contributed by atoms with van der Waals surface area (Å²) in [6, 6.07) is 19.3. The molecule has 0 bridgehead atoms. The molecule has 2 heterocycles. The standard InChI is InChI=1S/C26H24N6O5S/c1-16-23(25(34)32(30(16)2)19-9-5-4-6-10-19)31(3)38(36,37)20-11-7-8-17(14-20)24(33)27-18-12-13-21-22(15-18)29-26(35)28-21/h4-15H,1-3H3,(H,27,33)(H2,28,29,35). The minimum Gasteiger partial charge on any atom is -0.322 e. The van der Waals surface area contributed by atoms with E-state index in [4.69, 9.17) is 0 Å². The third kappa shape index (κ3) is 4.20. The van der Waals surface area contributed by atoms with Crippen molar-refractivity contribution in [2.24, 2.45) is 7.05 Å². The first-order valence-electron chi connectivity index (χ1n) is 11.5. The fraction of sp³-hybridized carbons (Fsp3) is 0.115. The van der Waals surface area contributed by atoms with E-state index >= 15 is 0 Å². The summed E-state index contributed by atoms with van der Waals surface area (Å²) >= 11 is 0. The van der Waals surface area contributed by atoms with Gasteiger partial charge in [0.1, 0.15) is 5.69 Å². The van der Waals surface area contributed by atoms with Gasteiger partial charge in [-0.25, -0.2) is 17.9 Å². The number of H-pyrrole nitrogens is 2. The Morgan fingerprint density at radius 1 is 0.921 bits per heavy atom. The third-order valence-corrected chi connectivity index (χ3v) is 8.12. The lowest BCUT2D eigenvalue weighted by Crippen LogP contribution is -2.32. The second kappa shape index (κ2) is 9.23. The van der Waals surface area contributed by atoms with Crippen LogP contribution in [0.1, 0.15) is 16.1 Å². The van der Waals surface area contributed by atoms with Gasteiger partial charge in [-0.15, -0.1) is 0 Å². The van der Waals surface area contributed by atoms with Crippen molar-refractivity contribution in [1.82, 2.24) is 19.3 Å². The van der Waals surface area contributed by atoms with Crippen LogP contribution in [0.15, 0.2) is 87.3 Å². The van der Waals surface area contributed by atoms with Crippen LogP contribution in [-0.4, -0.2) is 40.7 Å². The van der Waals surface area contributed by atoms with Gasteiger partial charge in [0.15, 0.2) is 0 Å². The second-order valence-corrected chi connectivity index (χ2v) is 10.7. The number of benzene rings is 3. The molecule has 0 aliphatic heterocycles. The number of carbonyl (C=O) groups excluding carboxylic acids is 1. The maximum atomic E-state index is 13.6. The Bertz CT molecular complexity index is 1920. The van der Waals surface area contributed by atoms with Crippen LogP contribution >= 0.6 is 0 Å². The molecule has 3 aromatic carbocycles. The van der Waals surface area contributed by atoms with E-state index in [2.05, 4.69) is 15.3 Å². The zero-order chi connectivity index (χ0) is 27.2. The minimum absolute atomic E-state index is 0.00000483. The molecule has 2 aromatic heterocycles. The summed E-state index contributed by atoms with van der Waals surface area (Å²) in [6.45, 7) is 1.67. The molecule has 5 aromatic rings. The van der Waals surface area contributed by atoms with Gasteiger partial charge in [-0.05, 0) is 55.5 Å². The van der Waals surface area contributed by atoms with Crippen molar-refractivity contribution in [1.29, 1.82) is 0 Å². The molecule has 0 atom stereocenters. The van der Waals surface area contributed by atoms with Gasteiger partial charge in [0.2, 0.25) is 0 Å². The largest absolute Gasteiger partial charge is 0.323 e. The van der Waals surface area contributed by atoms with Gasteiger partial charge < -0.3 is 15.3 Å². The fourth-order valence-corrected chi connectivity index (χ4v) is 5.60. The molecule has 0 fully saturated rings. The van der Waals surface area contributed by atoms with E-state index in [0.29, 0.717) is 28.1 Å². The lowest BCUT2D eigenvalue weighted by atomic mass is 10.2. The van der Waals surface area contributed by atoms with Crippen LogP contribution in [0.25, 0.3) is 16.7 Å². The summed E-state index contributed by atoms with van der Waals surface area (Å²) in [7, 11) is -1.20. The number of nitrogens with one attached hydrogen (secondary N) is 3. The molecule has 194 valence electrons. The molecule has 11 nitrogen and oxygen atoms in total. The molecule has 0 saturated carbocycles. The predicted octanol–water partition coefficient (Wildman–Crippen LogP) is 2.73. The van der Waals surface area contributed by atoms with Gasteiger partial charge in [-0.3, -0.25) is 18.6 Å². The van der Waals surface area contributed by atoms with Crippen LogP contribution in [0, 0.1) is 6.92 Å². The average Bonchev–Trinajstić information content (AvgIpc) is 3.38. The zero-order valence-electron chi connectivity index (χ0n) is 20.7. The zero-order valence-corrected chi connectivity index (χ0v) is 21.5. The Kier molecular flexibility index (Phi) is 6.03. The smallest absolute Gasteiger partial charge is 0.322 e. The molecule has 3 N–H and O–H groups in total. The Labute approximate surface area is 217 Å². The molecule has 0 radical (unpaired) electrons. The van der Waals surface area contributed by atoms with Crippen LogP contribution in [0.5, 0.6) is 0 Å². The summed E-state index contributed by atoms with van der Waals surface area (Å²) in [6.07, 6.45) is 0. The van der Waals surface area contributed by atoms with Crippen LogP contribution in [0.4, 0.5) is 11.4 Å². The molecular weight excluding hydrogens is 508 g/mol. The van der Waals surface area contributed by atoms with Crippen LogP contribution in [0.3, 0.4) is 0 Å². The summed E-state index contributed by atoms with van der Waals surface area (Å²) in [5, 5.41) is 2.71. The number of fused-ring (bicyclic) bond motifs is 1. The Balaban J connectivity index is 1.46. The van der Waals surface area contributed by atoms with Crippen LogP contribution in [-0.2, 0) is 17.1 Å². The van der Waals surface area contributed by atoms with Crippen LogP contribution < -0.4 is 20.9 Å². The SMILES string of the molecule is Cc1c(N(C)S(=O)(=O)c2cccc(C(=O)Nc3ccc4[nH]c(=O)[nH]c4c3)c2)c(=O)n(-c2ccccc2)n1C. The first kappa shape index (κ1) is 24.8. The molecule has 12 heteroatoms. The highest BCUT2D eigenvalue weighted by atomic mass is 32.2. The minimum atomic E-state index is -4.19. The number of carbonyl (C=O) groups is 1. The summed E-state index contributed by atoms with van der Waals surface area (Å²) in [4.78, 5) is 42.9. The number of amides is 1. The number of para-hydroxylation sites is 1. The highest BCUT2D eigenvalue weighted by Gasteiger charge is 2.29. The van der Waals surface area contributed by atoms with Gasteiger partial charge in [-0.2, -0.15) is 0 Å². The van der Waals surface area contributed by atoms with Crippen molar-refractivity contribution < 1.29 is 13.2 Å². The quantitative estimate of drug-likeness (QED) is 0.308. The van der Waals surface area contributed by atoms with Gasteiger partial charge in [0, 0.05) is 25.3 Å². The molecule has 0 aliphatic carbocycles. The lowest BCUT2D eigenvalue weighted by molar-refractivity contribution is 0.102. The van der Waals surface area contributed by atoms with E-state index in [9.17, 15) is 22.8 Å².